The van der Waals surface area contributed by atoms with Gasteiger partial charge in [-0.1, -0.05) is 23.7 Å². The van der Waals surface area contributed by atoms with Crippen molar-refractivity contribution >= 4 is 45.2 Å². The molecule has 24 heavy (non-hydrogen) atoms. The molecule has 2 aromatic carbocycles. The Hall–Kier alpha value is -2.85. The van der Waals surface area contributed by atoms with Gasteiger partial charge in [0.15, 0.2) is 5.76 Å². The number of aromatic nitrogens is 1. The average molecular weight is 337 g/mol. The molecular formula is C19H13ClN2O2. The van der Waals surface area contributed by atoms with Gasteiger partial charge >= 0.3 is 0 Å². The number of hydrogen-bond donors (Lipinski definition) is 1. The molecule has 1 N–H and O–H groups in total. The normalized spacial score (nSPS) is 11.1. The van der Waals surface area contributed by atoms with E-state index in [2.05, 4.69) is 10.3 Å². The Morgan fingerprint density at radius 3 is 2.62 bits per heavy atom. The molecule has 2 aromatic heterocycles. The van der Waals surface area contributed by atoms with Crippen LogP contribution in [0, 0.1) is 6.92 Å². The van der Waals surface area contributed by atoms with Gasteiger partial charge in [-0.2, -0.15) is 0 Å². The second-order valence-corrected chi connectivity index (χ2v) is 6.09. The summed E-state index contributed by atoms with van der Waals surface area (Å²) in [7, 11) is 0. The number of carbonyl (C=O) groups is 1. The van der Waals surface area contributed by atoms with Gasteiger partial charge in [-0.15, -0.1) is 0 Å². The molecule has 118 valence electrons. The number of amides is 1. The number of aryl methyl sites for hydroxylation is 1. The maximum atomic E-state index is 12.4. The number of halogens is 1. The summed E-state index contributed by atoms with van der Waals surface area (Å²) >= 11 is 5.84. The van der Waals surface area contributed by atoms with Crippen molar-refractivity contribution in [1.82, 2.24) is 4.98 Å². The van der Waals surface area contributed by atoms with Crippen molar-refractivity contribution in [2.45, 2.75) is 6.92 Å². The van der Waals surface area contributed by atoms with Gasteiger partial charge in [0.05, 0.1) is 5.52 Å². The Morgan fingerprint density at radius 1 is 1.04 bits per heavy atom. The topological polar surface area (TPSA) is 55.1 Å². The van der Waals surface area contributed by atoms with E-state index in [1.165, 1.54) is 0 Å². The van der Waals surface area contributed by atoms with Crippen molar-refractivity contribution in [2.75, 3.05) is 5.32 Å². The van der Waals surface area contributed by atoms with Gasteiger partial charge in [-0.3, -0.25) is 4.79 Å². The Morgan fingerprint density at radius 2 is 1.83 bits per heavy atom. The van der Waals surface area contributed by atoms with Crippen molar-refractivity contribution in [1.29, 1.82) is 0 Å². The molecule has 0 unspecified atom stereocenters. The van der Waals surface area contributed by atoms with E-state index >= 15 is 0 Å². The Balaban J connectivity index is 1.69. The van der Waals surface area contributed by atoms with E-state index in [4.69, 9.17) is 16.0 Å². The zero-order valence-corrected chi connectivity index (χ0v) is 13.6. The summed E-state index contributed by atoms with van der Waals surface area (Å²) in [4.78, 5) is 16.8. The van der Waals surface area contributed by atoms with E-state index < -0.39 is 0 Å². The molecule has 4 nitrogen and oxygen atoms in total. The van der Waals surface area contributed by atoms with Crippen molar-refractivity contribution in [3.63, 3.8) is 0 Å². The predicted octanol–water partition coefficient (Wildman–Crippen LogP) is 5.20. The number of fused-ring (bicyclic) bond motifs is 2. The zero-order chi connectivity index (χ0) is 16.7. The van der Waals surface area contributed by atoms with Crippen LogP contribution in [-0.2, 0) is 0 Å². The number of carbonyl (C=O) groups excluding carboxylic acids is 1. The van der Waals surface area contributed by atoms with Crippen LogP contribution in [0.5, 0.6) is 0 Å². The minimum absolute atomic E-state index is 0.222. The van der Waals surface area contributed by atoms with Crippen molar-refractivity contribution in [3.05, 3.63) is 70.9 Å². The first-order valence-electron chi connectivity index (χ1n) is 7.46. The molecular weight excluding hydrogens is 324 g/mol. The lowest BCUT2D eigenvalue weighted by atomic mass is 10.1. The summed E-state index contributed by atoms with van der Waals surface area (Å²) in [5.41, 5.74) is 3.08. The van der Waals surface area contributed by atoms with Crippen molar-refractivity contribution < 1.29 is 9.21 Å². The number of nitrogens with one attached hydrogen (secondary N) is 1. The monoisotopic (exact) mass is 336 g/mol. The van der Waals surface area contributed by atoms with Crippen LogP contribution in [0.2, 0.25) is 5.02 Å². The lowest BCUT2D eigenvalue weighted by Crippen LogP contribution is -2.10. The van der Waals surface area contributed by atoms with Crippen LogP contribution in [0.3, 0.4) is 0 Å². The molecule has 0 bridgehead atoms. The number of hydrogen-bond acceptors (Lipinski definition) is 3. The molecule has 0 atom stereocenters. The molecule has 0 saturated heterocycles. The van der Waals surface area contributed by atoms with E-state index in [9.17, 15) is 4.79 Å². The first kappa shape index (κ1) is 14.7. The highest BCUT2D eigenvalue weighted by Gasteiger charge is 2.14. The maximum absolute atomic E-state index is 12.4. The standard InChI is InChI=1S/C19H13ClN2O2/c1-11-2-3-12-9-13-10-17(24-19(13)22-16(12)8-11)18(23)21-15-6-4-14(20)5-7-15/h2-10H,1H3,(H,21,23). The minimum atomic E-state index is -0.324. The third-order valence-electron chi connectivity index (χ3n) is 3.79. The minimum Gasteiger partial charge on any atom is -0.433 e. The van der Waals surface area contributed by atoms with Crippen LogP contribution in [0.25, 0.3) is 22.0 Å². The fourth-order valence-electron chi connectivity index (χ4n) is 2.57. The van der Waals surface area contributed by atoms with Gasteiger partial charge in [-0.05, 0) is 55.0 Å². The highest BCUT2D eigenvalue weighted by molar-refractivity contribution is 6.30. The molecule has 5 heteroatoms. The third-order valence-corrected chi connectivity index (χ3v) is 4.04. The van der Waals surface area contributed by atoms with Gasteiger partial charge in [-0.25, -0.2) is 4.98 Å². The van der Waals surface area contributed by atoms with Gasteiger partial charge < -0.3 is 9.73 Å². The van der Waals surface area contributed by atoms with Gasteiger partial charge in [0, 0.05) is 21.5 Å². The fourth-order valence-corrected chi connectivity index (χ4v) is 2.70. The molecule has 2 heterocycles. The number of rotatable bonds is 2. The highest BCUT2D eigenvalue weighted by atomic mass is 35.5. The van der Waals surface area contributed by atoms with Crippen LogP contribution < -0.4 is 5.32 Å². The van der Waals surface area contributed by atoms with Crippen LogP contribution >= 0.6 is 11.6 Å². The number of anilines is 1. The number of pyridine rings is 1. The van der Waals surface area contributed by atoms with Crippen LogP contribution in [0.4, 0.5) is 5.69 Å². The number of benzene rings is 2. The summed E-state index contributed by atoms with van der Waals surface area (Å²) < 4.78 is 5.62. The molecule has 1 amide bonds. The summed E-state index contributed by atoms with van der Waals surface area (Å²) in [6.45, 7) is 2.01. The quantitative estimate of drug-likeness (QED) is 0.547. The van der Waals surface area contributed by atoms with E-state index in [0.717, 1.165) is 21.9 Å². The Kier molecular flexibility index (Phi) is 3.47. The number of nitrogens with zero attached hydrogens (tertiary/aromatic N) is 1. The molecule has 0 aliphatic rings. The maximum Gasteiger partial charge on any atom is 0.291 e. The van der Waals surface area contributed by atoms with Gasteiger partial charge in [0.1, 0.15) is 0 Å². The lowest BCUT2D eigenvalue weighted by molar-refractivity contribution is 0.0998. The van der Waals surface area contributed by atoms with Crippen LogP contribution in [-0.4, -0.2) is 10.9 Å². The second kappa shape index (κ2) is 5.65. The van der Waals surface area contributed by atoms with Gasteiger partial charge in [0.2, 0.25) is 5.71 Å². The third kappa shape index (κ3) is 2.72. The molecule has 0 spiro atoms. The van der Waals surface area contributed by atoms with Crippen molar-refractivity contribution in [2.24, 2.45) is 0 Å². The van der Waals surface area contributed by atoms with Crippen molar-refractivity contribution in [3.8, 4) is 0 Å². The molecule has 4 aromatic rings. The largest absolute Gasteiger partial charge is 0.433 e. The molecule has 0 saturated carbocycles. The zero-order valence-electron chi connectivity index (χ0n) is 12.8. The smallest absolute Gasteiger partial charge is 0.291 e. The van der Waals surface area contributed by atoms with E-state index in [-0.39, 0.29) is 11.7 Å². The summed E-state index contributed by atoms with van der Waals surface area (Å²) in [5.74, 6) is -0.102. The molecule has 0 fully saturated rings. The lowest BCUT2D eigenvalue weighted by Gasteiger charge is -2.02. The summed E-state index contributed by atoms with van der Waals surface area (Å²) in [6, 6.07) is 16.6. The first-order chi connectivity index (χ1) is 11.6. The van der Waals surface area contributed by atoms with Crippen LogP contribution in [0.1, 0.15) is 16.1 Å². The molecule has 0 aliphatic carbocycles. The number of furan rings is 1. The van der Waals surface area contributed by atoms with Gasteiger partial charge in [0.25, 0.3) is 5.91 Å². The summed E-state index contributed by atoms with van der Waals surface area (Å²) in [6.07, 6.45) is 0. The molecule has 4 rings (SSSR count). The fraction of sp³-hybridized carbons (Fsp3) is 0.0526. The SMILES string of the molecule is Cc1ccc2cc3cc(C(=O)Nc4ccc(Cl)cc4)oc3nc2c1. The molecule has 0 radical (unpaired) electrons. The van der Waals surface area contributed by atoms with E-state index in [1.807, 2.05) is 31.2 Å². The average Bonchev–Trinajstić information content (AvgIpc) is 2.97. The Bertz CT molecular complexity index is 1070. The summed E-state index contributed by atoms with van der Waals surface area (Å²) in [5, 5.41) is 5.20. The van der Waals surface area contributed by atoms with E-state index in [0.29, 0.717) is 16.4 Å². The van der Waals surface area contributed by atoms with E-state index in [1.54, 1.807) is 30.3 Å². The van der Waals surface area contributed by atoms with Crippen LogP contribution in [0.15, 0.2) is 59.0 Å². The highest BCUT2D eigenvalue weighted by Crippen LogP contribution is 2.24. The first-order valence-corrected chi connectivity index (χ1v) is 7.84. The predicted molar refractivity (Wildman–Crippen MR) is 95.7 cm³/mol. The molecule has 0 aliphatic heterocycles. The Labute approximate surface area is 143 Å². The second-order valence-electron chi connectivity index (χ2n) is 5.65.